The van der Waals surface area contributed by atoms with Gasteiger partial charge in [-0.15, -0.1) is 0 Å². The molecule has 0 aromatic heterocycles. The van der Waals surface area contributed by atoms with Gasteiger partial charge >= 0.3 is 0 Å². The Morgan fingerprint density at radius 2 is 0.644 bits per heavy atom. The molecule has 518 valence electrons. The maximum absolute atomic E-state index is 13.1. The van der Waals surface area contributed by atoms with Crippen molar-refractivity contribution in [3.8, 4) is 0 Å². The summed E-state index contributed by atoms with van der Waals surface area (Å²) in [5.74, 6) is -0.197. The number of quaternary nitrogens is 1. The summed E-state index contributed by atoms with van der Waals surface area (Å²) in [7, 11) is 1.27. The first-order chi connectivity index (χ1) is 42.5. The Bertz CT molecular complexity index is 1470. The van der Waals surface area contributed by atoms with Crippen LogP contribution in [0.3, 0.4) is 0 Å². The topological polar surface area (TPSA) is 108 Å². The van der Waals surface area contributed by atoms with E-state index in [4.69, 9.17) is 9.05 Å². The van der Waals surface area contributed by atoms with Gasteiger partial charge in [-0.25, -0.2) is 0 Å². The molecule has 2 N–H and O–H groups in total. The maximum Gasteiger partial charge on any atom is 0.268 e. The van der Waals surface area contributed by atoms with Gasteiger partial charge in [-0.1, -0.05) is 404 Å². The number of phosphoric ester groups is 1. The van der Waals surface area contributed by atoms with Crippen LogP contribution in [0, 0.1) is 0 Å². The molecule has 0 aliphatic carbocycles. The number of carbonyl (C=O) groups excluding carboxylic acids is 1. The molecule has 0 saturated heterocycles. The van der Waals surface area contributed by atoms with Crippen molar-refractivity contribution in [3.63, 3.8) is 0 Å². The van der Waals surface area contributed by atoms with E-state index < -0.39 is 20.0 Å². The van der Waals surface area contributed by atoms with Crippen LogP contribution in [0.15, 0.2) is 24.3 Å². The highest BCUT2D eigenvalue weighted by atomic mass is 31.2. The van der Waals surface area contributed by atoms with Crippen molar-refractivity contribution in [2.45, 2.75) is 431 Å². The van der Waals surface area contributed by atoms with Gasteiger partial charge < -0.3 is 28.8 Å². The summed E-state index contributed by atoms with van der Waals surface area (Å²) in [6.07, 6.45) is 92.1. The van der Waals surface area contributed by atoms with Crippen LogP contribution < -0.4 is 10.2 Å². The van der Waals surface area contributed by atoms with Gasteiger partial charge in [0, 0.05) is 6.42 Å². The molecule has 3 unspecified atom stereocenters. The molecule has 0 aromatic carbocycles. The molecule has 1 amide bonds. The van der Waals surface area contributed by atoms with E-state index in [-0.39, 0.29) is 19.1 Å². The number of allylic oxidation sites excluding steroid dienone is 3. The zero-order valence-electron chi connectivity index (χ0n) is 59.5. The molecule has 0 bridgehead atoms. The number of unbranched alkanes of at least 4 members (excludes halogenated alkanes) is 59. The van der Waals surface area contributed by atoms with E-state index in [1.54, 1.807) is 6.08 Å². The Hall–Kier alpha value is -1.02. The zero-order valence-corrected chi connectivity index (χ0v) is 60.4. The lowest BCUT2D eigenvalue weighted by Gasteiger charge is -2.29. The molecule has 0 aromatic rings. The third-order valence-corrected chi connectivity index (χ3v) is 19.4. The van der Waals surface area contributed by atoms with E-state index in [0.717, 1.165) is 38.5 Å². The van der Waals surface area contributed by atoms with Crippen molar-refractivity contribution in [3.05, 3.63) is 24.3 Å². The number of hydrogen-bond donors (Lipinski definition) is 2. The first kappa shape index (κ1) is 86.0. The van der Waals surface area contributed by atoms with Crippen molar-refractivity contribution >= 4 is 13.7 Å². The summed E-state index contributed by atoms with van der Waals surface area (Å²) in [5, 5.41) is 14.0. The van der Waals surface area contributed by atoms with Crippen LogP contribution in [0.25, 0.3) is 0 Å². The predicted octanol–water partition coefficient (Wildman–Crippen LogP) is 24.8. The van der Waals surface area contributed by atoms with E-state index in [9.17, 15) is 19.4 Å². The Kier molecular flexibility index (Phi) is 68.5. The van der Waals surface area contributed by atoms with Crippen molar-refractivity contribution in [2.24, 2.45) is 0 Å². The molecule has 9 heteroatoms. The number of phosphoric acid groups is 1. The van der Waals surface area contributed by atoms with Crippen LogP contribution in [0.5, 0.6) is 0 Å². The second-order valence-electron chi connectivity index (χ2n) is 28.4. The highest BCUT2D eigenvalue weighted by Crippen LogP contribution is 2.38. The second-order valence-corrected chi connectivity index (χ2v) is 29.8. The first-order valence-corrected chi connectivity index (χ1v) is 40.7. The SMILES string of the molecule is CCCCCCCCCCCCCCCCCCCCCCCCCC/C=C/CC/C=C/C(O)C(COP(=O)([O-])OCC[N+](C)(C)C)NC(=O)CCCCCCCCCCCCCCCCCCCCCCCCCCCCCCCCCCCCC. The summed E-state index contributed by atoms with van der Waals surface area (Å²) in [6, 6.07) is -0.903. The quantitative estimate of drug-likeness (QED) is 0.0272. The molecule has 3 atom stereocenters. The number of aliphatic hydroxyl groups excluding tert-OH is 1. The van der Waals surface area contributed by atoms with Crippen molar-refractivity contribution in [2.75, 3.05) is 40.9 Å². The van der Waals surface area contributed by atoms with Gasteiger partial charge in [0.15, 0.2) is 0 Å². The minimum atomic E-state index is -4.61. The number of amides is 1. The summed E-state index contributed by atoms with van der Waals surface area (Å²) in [6.45, 7) is 4.71. The molecule has 0 spiro atoms. The Morgan fingerprint density at radius 3 is 0.931 bits per heavy atom. The third kappa shape index (κ3) is 72.3. The fourth-order valence-electron chi connectivity index (χ4n) is 12.4. The van der Waals surface area contributed by atoms with Crippen molar-refractivity contribution in [1.29, 1.82) is 0 Å². The highest BCUT2D eigenvalue weighted by molar-refractivity contribution is 7.45. The average molecular weight is 1250 g/mol. The van der Waals surface area contributed by atoms with Crippen LogP contribution in [0.4, 0.5) is 0 Å². The molecule has 87 heavy (non-hydrogen) atoms. The van der Waals surface area contributed by atoms with Crippen molar-refractivity contribution < 1.29 is 32.9 Å². The van der Waals surface area contributed by atoms with Crippen molar-refractivity contribution in [1.82, 2.24) is 5.32 Å². The fourth-order valence-corrected chi connectivity index (χ4v) is 13.1. The number of nitrogens with one attached hydrogen (secondary N) is 1. The lowest BCUT2D eigenvalue weighted by Crippen LogP contribution is -2.45. The lowest BCUT2D eigenvalue weighted by molar-refractivity contribution is -0.870. The maximum atomic E-state index is 13.1. The first-order valence-electron chi connectivity index (χ1n) is 39.2. The van der Waals surface area contributed by atoms with Gasteiger partial charge in [0.1, 0.15) is 13.2 Å². The molecule has 0 radical (unpaired) electrons. The van der Waals surface area contributed by atoms with E-state index in [2.05, 4.69) is 31.3 Å². The number of aliphatic hydroxyl groups is 1. The second kappa shape index (κ2) is 69.3. The number of nitrogens with zero attached hydrogens (tertiary/aromatic N) is 1. The predicted molar refractivity (Wildman–Crippen MR) is 381 cm³/mol. The van der Waals surface area contributed by atoms with E-state index in [1.807, 2.05) is 27.2 Å². The largest absolute Gasteiger partial charge is 0.756 e. The standard InChI is InChI=1S/C78H155N2O6P/c1-6-8-10-12-14-16-18-20-22-24-26-28-30-32-34-36-38-39-40-41-42-44-46-48-50-52-54-56-58-60-62-64-66-68-70-72-78(82)79-76(75-86-87(83,84)85-74-73-80(3,4)5)77(81)71-69-67-65-63-61-59-57-55-53-51-49-47-45-43-37-35-33-31-29-27-25-23-21-19-17-15-13-11-9-7-2/h61,63,69,71,76-77,81H,6-60,62,64-68,70,72-75H2,1-5H3,(H-,79,82,83,84)/b63-61+,71-69+. The Labute approximate surface area is 545 Å². The minimum Gasteiger partial charge on any atom is -0.756 e. The highest BCUT2D eigenvalue weighted by Gasteiger charge is 2.23. The molecule has 0 rings (SSSR count). The molecule has 0 heterocycles. The van der Waals surface area contributed by atoms with Crippen LogP contribution in [0.2, 0.25) is 0 Å². The Balaban J connectivity index is 3.97. The summed E-state index contributed by atoms with van der Waals surface area (Å²) < 4.78 is 23.5. The molecular formula is C78H155N2O6P. The number of rotatable bonds is 74. The van der Waals surface area contributed by atoms with Gasteiger partial charge in [-0.2, -0.15) is 0 Å². The van der Waals surface area contributed by atoms with Crippen LogP contribution in [0.1, 0.15) is 418 Å². The monoisotopic (exact) mass is 1250 g/mol. The van der Waals surface area contributed by atoms with Gasteiger partial charge in [-0.05, 0) is 32.1 Å². The van der Waals surface area contributed by atoms with Gasteiger partial charge in [0.2, 0.25) is 5.91 Å². The number of likely N-dealkylation sites (N-methyl/N-ethyl adjacent to an activating group) is 1. The van der Waals surface area contributed by atoms with Crippen LogP contribution in [-0.4, -0.2) is 68.5 Å². The molecule has 0 aliphatic rings. The van der Waals surface area contributed by atoms with Gasteiger partial charge in [-0.3, -0.25) is 9.36 Å². The summed E-state index contributed by atoms with van der Waals surface area (Å²) in [5.41, 5.74) is 0. The van der Waals surface area contributed by atoms with E-state index in [0.29, 0.717) is 17.4 Å². The fraction of sp³-hybridized carbons (Fsp3) is 0.936. The molecule has 0 saturated carbocycles. The Morgan fingerprint density at radius 1 is 0.391 bits per heavy atom. The average Bonchev–Trinajstić information content (AvgIpc) is 3.70. The van der Waals surface area contributed by atoms with E-state index >= 15 is 0 Å². The van der Waals surface area contributed by atoms with E-state index in [1.165, 1.54) is 360 Å². The minimum absolute atomic E-state index is 0.00328. The molecule has 0 aliphatic heterocycles. The molecule has 0 fully saturated rings. The summed E-state index contributed by atoms with van der Waals surface area (Å²) >= 11 is 0. The molecule has 8 nitrogen and oxygen atoms in total. The van der Waals surface area contributed by atoms with Gasteiger partial charge in [0.25, 0.3) is 7.82 Å². The van der Waals surface area contributed by atoms with Crippen LogP contribution >= 0.6 is 7.82 Å². The van der Waals surface area contributed by atoms with Crippen LogP contribution in [-0.2, 0) is 18.4 Å². The van der Waals surface area contributed by atoms with Gasteiger partial charge in [0.05, 0.1) is 39.9 Å². The summed E-state index contributed by atoms with van der Waals surface area (Å²) in [4.78, 5) is 25.7. The zero-order chi connectivity index (χ0) is 63.4. The number of carbonyl (C=O) groups is 1. The third-order valence-electron chi connectivity index (χ3n) is 18.4. The molecular weight excluding hydrogens is 1090 g/mol. The smallest absolute Gasteiger partial charge is 0.268 e. The number of hydrogen-bond acceptors (Lipinski definition) is 6. The lowest BCUT2D eigenvalue weighted by atomic mass is 10.0. The normalized spacial score (nSPS) is 13.6.